The minimum absolute atomic E-state index is 0.116. The second-order valence-corrected chi connectivity index (χ2v) is 10.3. The lowest BCUT2D eigenvalue weighted by Gasteiger charge is -2.48. The van der Waals surface area contributed by atoms with Gasteiger partial charge in [-0.25, -0.2) is 9.37 Å². The molecule has 4 fully saturated rings. The van der Waals surface area contributed by atoms with Crippen LogP contribution in [0.5, 0.6) is 6.01 Å². The molecule has 6 heterocycles. The van der Waals surface area contributed by atoms with E-state index in [0.717, 1.165) is 64.6 Å². The highest BCUT2D eigenvalue weighted by molar-refractivity contribution is 6.30. The Labute approximate surface area is 197 Å². The van der Waals surface area contributed by atoms with Crippen molar-refractivity contribution in [3.63, 3.8) is 0 Å². The molecule has 0 unspecified atom stereocenters. The molecule has 0 radical (unpaired) electrons. The summed E-state index contributed by atoms with van der Waals surface area (Å²) < 4.78 is 27.1. The number of piperidine rings is 1. The molecule has 0 saturated carbocycles. The first-order valence-corrected chi connectivity index (χ1v) is 12.3. The normalized spacial score (nSPS) is 31.8. The molecule has 1 N–H and O–H groups in total. The maximum atomic E-state index is 15.0. The Bertz CT molecular complexity index is 1070. The van der Waals surface area contributed by atoms with Gasteiger partial charge in [0.15, 0.2) is 11.0 Å². The summed E-state index contributed by atoms with van der Waals surface area (Å²) in [6.07, 6.45) is 8.59. The van der Waals surface area contributed by atoms with Gasteiger partial charge in [-0.05, 0) is 45.1 Å². The van der Waals surface area contributed by atoms with Gasteiger partial charge < -0.3 is 19.5 Å². The number of anilines is 1. The number of nitrogens with zero attached hydrogens (tertiary/aromatic N) is 5. The molecule has 2 aromatic rings. The maximum Gasteiger partial charge on any atom is 0.319 e. The quantitative estimate of drug-likeness (QED) is 0.658. The Morgan fingerprint density at radius 1 is 1.21 bits per heavy atom. The zero-order valence-corrected chi connectivity index (χ0v) is 19.4. The van der Waals surface area contributed by atoms with Crippen LogP contribution in [0.2, 0.25) is 5.15 Å². The molecule has 0 aliphatic carbocycles. The zero-order valence-electron chi connectivity index (χ0n) is 18.6. The van der Waals surface area contributed by atoms with Gasteiger partial charge in [-0.2, -0.15) is 9.97 Å². The van der Waals surface area contributed by atoms with Gasteiger partial charge in [0.05, 0.1) is 29.7 Å². The fourth-order valence-electron chi connectivity index (χ4n) is 6.30. The van der Waals surface area contributed by atoms with Crippen molar-refractivity contribution in [3.05, 3.63) is 17.2 Å². The maximum absolute atomic E-state index is 15.0. The van der Waals surface area contributed by atoms with E-state index >= 15 is 0 Å². The summed E-state index contributed by atoms with van der Waals surface area (Å²) in [7, 11) is 0. The minimum atomic E-state index is -0.656. The third-order valence-corrected chi connectivity index (χ3v) is 8.38. The largest absolute Gasteiger partial charge is 0.461 e. The SMILES string of the molecule is OC[C@H]1CC[C@@]2(COc3nc(N4CCC[C@@]5(CCO5)C4)c4cnc(Cl)c(F)c4n3)CCCN12. The lowest BCUT2D eigenvalue weighted by Crippen LogP contribution is -2.56. The van der Waals surface area contributed by atoms with Crippen LogP contribution in [0, 0.1) is 5.82 Å². The minimum Gasteiger partial charge on any atom is -0.461 e. The van der Waals surface area contributed by atoms with Crippen molar-refractivity contribution in [1.82, 2.24) is 19.9 Å². The van der Waals surface area contributed by atoms with E-state index in [4.69, 9.17) is 26.1 Å². The standard InChI is InChI=1S/C23H29ClFN5O3/c24-19-17(25)18-16(11-26-19)20(29-8-2-5-23(13-29)7-10-33-23)28-21(27-18)32-14-22-4-1-9-30(22)15(12-31)3-6-22/h11,15,31H,1-10,12-14H2/t15-,22-,23-/m1/s1. The Morgan fingerprint density at radius 3 is 2.85 bits per heavy atom. The molecule has 0 bridgehead atoms. The summed E-state index contributed by atoms with van der Waals surface area (Å²) in [5.74, 6) is -0.0378. The fraction of sp³-hybridized carbons (Fsp3) is 0.696. The molecule has 1 spiro atoms. The first kappa shape index (κ1) is 21.7. The third-order valence-electron chi connectivity index (χ3n) is 8.12. The predicted molar refractivity (Wildman–Crippen MR) is 121 cm³/mol. The highest BCUT2D eigenvalue weighted by Crippen LogP contribution is 2.43. The predicted octanol–water partition coefficient (Wildman–Crippen LogP) is 2.94. The molecule has 178 valence electrons. The van der Waals surface area contributed by atoms with Gasteiger partial charge in [0.25, 0.3) is 0 Å². The van der Waals surface area contributed by atoms with Crippen molar-refractivity contribution in [2.45, 2.75) is 62.1 Å². The van der Waals surface area contributed by atoms with Gasteiger partial charge in [0.2, 0.25) is 0 Å². The average molecular weight is 478 g/mol. The van der Waals surface area contributed by atoms with Gasteiger partial charge in [-0.3, -0.25) is 4.90 Å². The second-order valence-electron chi connectivity index (χ2n) is 9.95. The lowest BCUT2D eigenvalue weighted by molar-refractivity contribution is -0.151. The topological polar surface area (TPSA) is 83.8 Å². The van der Waals surface area contributed by atoms with Crippen LogP contribution >= 0.6 is 11.6 Å². The van der Waals surface area contributed by atoms with Crippen molar-refractivity contribution in [2.24, 2.45) is 0 Å². The molecular formula is C23H29ClFN5O3. The molecule has 10 heteroatoms. The van der Waals surface area contributed by atoms with E-state index in [0.29, 0.717) is 24.4 Å². The molecule has 8 nitrogen and oxygen atoms in total. The fourth-order valence-corrected chi connectivity index (χ4v) is 6.44. The number of ether oxygens (including phenoxy) is 2. The number of fused-ring (bicyclic) bond motifs is 2. The van der Waals surface area contributed by atoms with E-state index in [9.17, 15) is 9.50 Å². The van der Waals surface area contributed by atoms with E-state index in [1.54, 1.807) is 6.20 Å². The van der Waals surface area contributed by atoms with Crippen LogP contribution < -0.4 is 9.64 Å². The summed E-state index contributed by atoms with van der Waals surface area (Å²) in [4.78, 5) is 17.7. The van der Waals surface area contributed by atoms with Crippen molar-refractivity contribution in [2.75, 3.05) is 44.4 Å². The van der Waals surface area contributed by atoms with Crippen LogP contribution in [-0.4, -0.2) is 81.6 Å². The van der Waals surface area contributed by atoms with Crippen LogP contribution in [0.4, 0.5) is 10.2 Å². The first-order chi connectivity index (χ1) is 16.0. The molecule has 4 saturated heterocycles. The number of aliphatic hydroxyl groups excluding tert-OH is 1. The molecule has 4 aliphatic heterocycles. The Morgan fingerprint density at radius 2 is 2.06 bits per heavy atom. The number of hydrogen-bond acceptors (Lipinski definition) is 8. The van der Waals surface area contributed by atoms with Crippen LogP contribution in [0.3, 0.4) is 0 Å². The summed E-state index contributed by atoms with van der Waals surface area (Å²) in [5.41, 5.74) is -0.124. The van der Waals surface area contributed by atoms with Crippen LogP contribution in [0.25, 0.3) is 10.9 Å². The van der Waals surface area contributed by atoms with E-state index in [-0.39, 0.29) is 40.5 Å². The summed E-state index contributed by atoms with van der Waals surface area (Å²) in [6.45, 7) is 3.83. The van der Waals surface area contributed by atoms with Crippen LogP contribution in [0.1, 0.15) is 44.9 Å². The molecule has 0 aromatic carbocycles. The Hall–Kier alpha value is -1.81. The number of rotatable bonds is 5. The lowest BCUT2D eigenvalue weighted by atomic mass is 9.86. The molecule has 33 heavy (non-hydrogen) atoms. The van der Waals surface area contributed by atoms with Crippen molar-refractivity contribution >= 4 is 28.3 Å². The van der Waals surface area contributed by atoms with Crippen LogP contribution in [-0.2, 0) is 4.74 Å². The summed E-state index contributed by atoms with van der Waals surface area (Å²) in [6, 6.07) is 0.333. The van der Waals surface area contributed by atoms with Gasteiger partial charge in [-0.15, -0.1) is 0 Å². The van der Waals surface area contributed by atoms with Crippen molar-refractivity contribution in [1.29, 1.82) is 0 Å². The van der Waals surface area contributed by atoms with Gasteiger partial charge >= 0.3 is 6.01 Å². The summed E-state index contributed by atoms with van der Waals surface area (Å²) in [5, 5.41) is 10.1. The van der Waals surface area contributed by atoms with Gasteiger partial charge in [0.1, 0.15) is 17.9 Å². The average Bonchev–Trinajstić information content (AvgIpc) is 3.38. The molecular weight excluding hydrogens is 449 g/mol. The molecule has 2 aromatic heterocycles. The highest BCUT2D eigenvalue weighted by Gasteiger charge is 2.49. The molecule has 3 atom stereocenters. The summed E-state index contributed by atoms with van der Waals surface area (Å²) >= 11 is 5.99. The molecule has 6 rings (SSSR count). The smallest absolute Gasteiger partial charge is 0.319 e. The van der Waals surface area contributed by atoms with E-state index in [1.165, 1.54) is 0 Å². The molecule has 0 amide bonds. The number of halogens is 2. The van der Waals surface area contributed by atoms with Crippen LogP contribution in [0.15, 0.2) is 6.20 Å². The number of aliphatic hydroxyl groups is 1. The zero-order chi connectivity index (χ0) is 22.6. The first-order valence-electron chi connectivity index (χ1n) is 11.9. The number of hydrogen-bond donors (Lipinski definition) is 1. The number of aromatic nitrogens is 3. The van der Waals surface area contributed by atoms with E-state index < -0.39 is 5.82 Å². The molecule has 4 aliphatic rings. The third kappa shape index (κ3) is 3.55. The Kier molecular flexibility index (Phi) is 5.36. The number of pyridine rings is 1. The second kappa shape index (κ2) is 8.15. The highest BCUT2D eigenvalue weighted by atomic mass is 35.5. The monoisotopic (exact) mass is 477 g/mol. The van der Waals surface area contributed by atoms with E-state index in [1.807, 2.05) is 0 Å². The van der Waals surface area contributed by atoms with Crippen molar-refractivity contribution < 1.29 is 19.0 Å². The van der Waals surface area contributed by atoms with E-state index in [2.05, 4.69) is 19.8 Å². The Balaban J connectivity index is 1.33. The van der Waals surface area contributed by atoms with Gasteiger partial charge in [-0.1, -0.05) is 11.6 Å². The van der Waals surface area contributed by atoms with Crippen molar-refractivity contribution in [3.8, 4) is 6.01 Å². The van der Waals surface area contributed by atoms with Gasteiger partial charge in [0, 0.05) is 31.7 Å².